The third-order valence-corrected chi connectivity index (χ3v) is 2.51. The summed E-state index contributed by atoms with van der Waals surface area (Å²) in [5.74, 6) is -1.37. The van der Waals surface area contributed by atoms with Crippen molar-refractivity contribution in [2.45, 2.75) is 32.7 Å². The fraction of sp³-hybridized carbons (Fsp3) is 0.417. The molecule has 88 valence electrons. The van der Waals surface area contributed by atoms with E-state index in [4.69, 9.17) is 10.8 Å². The van der Waals surface area contributed by atoms with Gasteiger partial charge in [-0.05, 0) is 17.0 Å². The monoisotopic (exact) mass is 223 g/mol. The van der Waals surface area contributed by atoms with Crippen LogP contribution in [0.5, 0.6) is 5.75 Å². The Morgan fingerprint density at radius 3 is 2.31 bits per heavy atom. The van der Waals surface area contributed by atoms with Gasteiger partial charge in [0.1, 0.15) is 11.3 Å². The molecule has 0 radical (unpaired) electrons. The number of nitrogens with two attached hydrogens (primary N) is 1. The SMILES string of the molecule is CC(C)(C)c1cc(CN)c(O)c(C(=O)O)c1. The molecule has 1 aromatic rings. The Kier molecular flexibility index (Phi) is 3.24. The number of carboxylic acids is 1. The molecular weight excluding hydrogens is 206 g/mol. The van der Waals surface area contributed by atoms with Crippen LogP contribution in [0.1, 0.15) is 42.3 Å². The molecule has 1 rings (SSSR count). The lowest BCUT2D eigenvalue weighted by molar-refractivity contribution is 0.0693. The number of aromatic hydroxyl groups is 1. The second kappa shape index (κ2) is 4.14. The van der Waals surface area contributed by atoms with Gasteiger partial charge < -0.3 is 15.9 Å². The van der Waals surface area contributed by atoms with Gasteiger partial charge >= 0.3 is 5.97 Å². The second-order valence-corrected chi connectivity index (χ2v) is 4.79. The molecule has 0 unspecified atom stereocenters. The molecule has 1 aromatic carbocycles. The number of hydrogen-bond donors (Lipinski definition) is 3. The van der Waals surface area contributed by atoms with E-state index in [9.17, 15) is 9.90 Å². The summed E-state index contributed by atoms with van der Waals surface area (Å²) in [5.41, 5.74) is 6.52. The first-order chi connectivity index (χ1) is 7.27. The molecule has 0 saturated heterocycles. The van der Waals surface area contributed by atoms with Gasteiger partial charge in [0.15, 0.2) is 0 Å². The fourth-order valence-electron chi connectivity index (χ4n) is 1.45. The zero-order valence-electron chi connectivity index (χ0n) is 9.74. The summed E-state index contributed by atoms with van der Waals surface area (Å²) in [6, 6.07) is 3.25. The Morgan fingerprint density at radius 2 is 1.94 bits per heavy atom. The summed E-state index contributed by atoms with van der Waals surface area (Å²) in [6.45, 7) is 6.05. The maximum atomic E-state index is 11.0. The molecule has 0 atom stereocenters. The quantitative estimate of drug-likeness (QED) is 0.714. The molecule has 0 aliphatic rings. The summed E-state index contributed by atoms with van der Waals surface area (Å²) >= 11 is 0. The van der Waals surface area contributed by atoms with E-state index in [1.54, 1.807) is 6.07 Å². The highest BCUT2D eigenvalue weighted by atomic mass is 16.4. The average Bonchev–Trinajstić information content (AvgIpc) is 2.15. The van der Waals surface area contributed by atoms with Gasteiger partial charge in [-0.3, -0.25) is 0 Å². The molecule has 0 bridgehead atoms. The summed E-state index contributed by atoms with van der Waals surface area (Å²) in [7, 11) is 0. The number of phenols is 1. The molecule has 0 aromatic heterocycles. The highest BCUT2D eigenvalue weighted by Crippen LogP contribution is 2.30. The molecule has 0 saturated carbocycles. The Balaban J connectivity index is 3.46. The van der Waals surface area contributed by atoms with E-state index in [1.165, 1.54) is 6.07 Å². The van der Waals surface area contributed by atoms with Crippen LogP contribution in [-0.2, 0) is 12.0 Å². The van der Waals surface area contributed by atoms with Crippen molar-refractivity contribution in [3.8, 4) is 5.75 Å². The van der Waals surface area contributed by atoms with Crippen LogP contribution in [0.3, 0.4) is 0 Å². The summed E-state index contributed by atoms with van der Waals surface area (Å²) in [4.78, 5) is 11.0. The van der Waals surface area contributed by atoms with Crippen LogP contribution in [0.4, 0.5) is 0 Å². The number of rotatable bonds is 2. The smallest absolute Gasteiger partial charge is 0.339 e. The third kappa shape index (κ3) is 2.33. The van der Waals surface area contributed by atoms with Crippen molar-refractivity contribution in [2.75, 3.05) is 0 Å². The van der Waals surface area contributed by atoms with E-state index in [2.05, 4.69) is 0 Å². The van der Waals surface area contributed by atoms with E-state index in [0.29, 0.717) is 5.56 Å². The fourth-order valence-corrected chi connectivity index (χ4v) is 1.45. The van der Waals surface area contributed by atoms with Gasteiger partial charge in [-0.2, -0.15) is 0 Å². The van der Waals surface area contributed by atoms with Gasteiger partial charge in [0, 0.05) is 12.1 Å². The summed E-state index contributed by atoms with van der Waals surface area (Å²) in [6.07, 6.45) is 0. The van der Waals surface area contributed by atoms with Crippen molar-refractivity contribution in [1.82, 2.24) is 0 Å². The first kappa shape index (κ1) is 12.5. The predicted molar refractivity (Wildman–Crippen MR) is 61.7 cm³/mol. The molecule has 0 amide bonds. The minimum atomic E-state index is -1.14. The Morgan fingerprint density at radius 1 is 1.38 bits per heavy atom. The maximum Gasteiger partial charge on any atom is 0.339 e. The topological polar surface area (TPSA) is 83.5 Å². The lowest BCUT2D eigenvalue weighted by Crippen LogP contribution is -2.14. The van der Waals surface area contributed by atoms with Crippen molar-refractivity contribution < 1.29 is 15.0 Å². The Bertz CT molecular complexity index is 419. The van der Waals surface area contributed by atoms with Gasteiger partial charge in [0.25, 0.3) is 0 Å². The van der Waals surface area contributed by atoms with Gasteiger partial charge in [-0.1, -0.05) is 26.8 Å². The Hall–Kier alpha value is -1.55. The normalized spacial score (nSPS) is 11.5. The summed E-state index contributed by atoms with van der Waals surface area (Å²) in [5, 5.41) is 18.7. The first-order valence-electron chi connectivity index (χ1n) is 5.07. The van der Waals surface area contributed by atoms with Crippen LogP contribution in [0.25, 0.3) is 0 Å². The van der Waals surface area contributed by atoms with E-state index in [0.717, 1.165) is 5.56 Å². The number of carbonyl (C=O) groups is 1. The standard InChI is InChI=1S/C12H17NO3/c1-12(2,3)8-4-7(6-13)10(14)9(5-8)11(15)16/h4-5,14H,6,13H2,1-3H3,(H,15,16). The maximum absolute atomic E-state index is 11.0. The van der Waals surface area contributed by atoms with Crippen LogP contribution >= 0.6 is 0 Å². The molecule has 4 nitrogen and oxygen atoms in total. The van der Waals surface area contributed by atoms with Crippen molar-refractivity contribution >= 4 is 5.97 Å². The first-order valence-corrected chi connectivity index (χ1v) is 5.07. The minimum absolute atomic E-state index is 0.0899. The molecule has 0 aliphatic heterocycles. The summed E-state index contributed by atoms with van der Waals surface area (Å²) < 4.78 is 0. The van der Waals surface area contributed by atoms with Crippen molar-refractivity contribution in [3.63, 3.8) is 0 Å². The van der Waals surface area contributed by atoms with E-state index in [1.807, 2.05) is 20.8 Å². The highest BCUT2D eigenvalue weighted by Gasteiger charge is 2.20. The van der Waals surface area contributed by atoms with Crippen molar-refractivity contribution in [1.29, 1.82) is 0 Å². The molecular formula is C12H17NO3. The van der Waals surface area contributed by atoms with Gasteiger partial charge in [0.2, 0.25) is 0 Å². The molecule has 4 heteroatoms. The third-order valence-electron chi connectivity index (χ3n) is 2.51. The van der Waals surface area contributed by atoms with E-state index in [-0.39, 0.29) is 23.3 Å². The molecule has 0 fully saturated rings. The van der Waals surface area contributed by atoms with Gasteiger partial charge in [-0.15, -0.1) is 0 Å². The van der Waals surface area contributed by atoms with Gasteiger partial charge in [-0.25, -0.2) is 4.79 Å². The molecule has 0 aliphatic carbocycles. The zero-order valence-corrected chi connectivity index (χ0v) is 9.74. The number of carboxylic acid groups (broad SMARTS) is 1. The predicted octanol–water partition coefficient (Wildman–Crippen LogP) is 1.85. The van der Waals surface area contributed by atoms with Crippen LogP contribution < -0.4 is 5.73 Å². The highest BCUT2D eigenvalue weighted by molar-refractivity contribution is 5.91. The molecule has 0 spiro atoms. The van der Waals surface area contributed by atoms with Crippen molar-refractivity contribution in [2.24, 2.45) is 5.73 Å². The zero-order chi connectivity index (χ0) is 12.5. The van der Waals surface area contributed by atoms with E-state index >= 15 is 0 Å². The second-order valence-electron chi connectivity index (χ2n) is 4.79. The lowest BCUT2D eigenvalue weighted by Gasteiger charge is -2.21. The average molecular weight is 223 g/mol. The van der Waals surface area contributed by atoms with Crippen LogP contribution in [0, 0.1) is 0 Å². The molecule has 4 N–H and O–H groups in total. The number of benzene rings is 1. The van der Waals surface area contributed by atoms with Crippen LogP contribution in [0.2, 0.25) is 0 Å². The number of aromatic carboxylic acids is 1. The number of hydrogen-bond acceptors (Lipinski definition) is 3. The molecule has 16 heavy (non-hydrogen) atoms. The van der Waals surface area contributed by atoms with E-state index < -0.39 is 5.97 Å². The largest absolute Gasteiger partial charge is 0.507 e. The van der Waals surface area contributed by atoms with Crippen molar-refractivity contribution in [3.05, 3.63) is 28.8 Å². The minimum Gasteiger partial charge on any atom is -0.507 e. The molecule has 0 heterocycles. The van der Waals surface area contributed by atoms with Gasteiger partial charge in [0.05, 0.1) is 0 Å². The Labute approximate surface area is 94.7 Å². The lowest BCUT2D eigenvalue weighted by atomic mass is 9.84. The van der Waals surface area contributed by atoms with Crippen LogP contribution in [-0.4, -0.2) is 16.2 Å². The van der Waals surface area contributed by atoms with Crippen LogP contribution in [0.15, 0.2) is 12.1 Å².